The molecule has 1 aliphatic rings. The van der Waals surface area contributed by atoms with E-state index in [1.807, 2.05) is 6.20 Å². The van der Waals surface area contributed by atoms with Gasteiger partial charge in [0, 0.05) is 24.8 Å². The summed E-state index contributed by atoms with van der Waals surface area (Å²) in [5, 5.41) is 3.26. The minimum Gasteiger partial charge on any atom is -0.375 e. The summed E-state index contributed by atoms with van der Waals surface area (Å²) in [4.78, 5) is 11.5. The van der Waals surface area contributed by atoms with E-state index >= 15 is 0 Å². The van der Waals surface area contributed by atoms with Crippen molar-refractivity contribution in [2.24, 2.45) is 0 Å². The number of ether oxygens (including phenoxy) is 1. The average molecular weight is 278 g/mol. The van der Waals surface area contributed by atoms with E-state index < -0.39 is 0 Å². The quantitative estimate of drug-likeness (QED) is 0.897. The highest BCUT2D eigenvalue weighted by molar-refractivity contribution is 5.50. The fourth-order valence-electron chi connectivity index (χ4n) is 2.49. The van der Waals surface area contributed by atoms with E-state index in [1.165, 1.54) is 0 Å². The maximum Gasteiger partial charge on any atom is 0.224 e. The Balaban J connectivity index is 2.24. The molecule has 0 saturated carbocycles. The first kappa shape index (κ1) is 15.0. The number of hydrogen-bond acceptors (Lipinski definition) is 5. The van der Waals surface area contributed by atoms with Crippen LogP contribution in [0.15, 0.2) is 6.20 Å². The van der Waals surface area contributed by atoms with Gasteiger partial charge in [-0.15, -0.1) is 0 Å². The van der Waals surface area contributed by atoms with Crippen LogP contribution in [0.2, 0.25) is 0 Å². The van der Waals surface area contributed by atoms with Crippen molar-refractivity contribution in [1.82, 2.24) is 9.97 Å². The maximum absolute atomic E-state index is 5.77. The smallest absolute Gasteiger partial charge is 0.224 e. The Labute approximate surface area is 121 Å². The third-order valence-corrected chi connectivity index (χ3v) is 3.69. The highest BCUT2D eigenvalue weighted by atomic mass is 16.5. The second-order valence-corrected chi connectivity index (χ2v) is 5.49. The van der Waals surface area contributed by atoms with E-state index in [0.717, 1.165) is 49.9 Å². The van der Waals surface area contributed by atoms with E-state index in [1.54, 1.807) is 0 Å². The first-order valence-corrected chi connectivity index (χ1v) is 7.61. The zero-order chi connectivity index (χ0) is 14.5. The molecule has 112 valence electrons. The van der Waals surface area contributed by atoms with Crippen LogP contribution in [0.5, 0.6) is 0 Å². The molecule has 1 aliphatic heterocycles. The molecule has 0 spiro atoms. The molecule has 0 aliphatic carbocycles. The van der Waals surface area contributed by atoms with Crippen LogP contribution < -0.4 is 10.2 Å². The van der Waals surface area contributed by atoms with Crippen molar-refractivity contribution in [1.29, 1.82) is 0 Å². The standard InChI is InChI=1S/C15H26N4O/c1-5-7-16-15-17-8-11(3)14(18-15)19-9-12(4)20-10-13(19)6-2/h8,12-13H,5-7,9-10H2,1-4H3,(H,16,17,18). The Morgan fingerprint density at radius 1 is 1.45 bits per heavy atom. The van der Waals surface area contributed by atoms with Gasteiger partial charge in [-0.2, -0.15) is 4.98 Å². The van der Waals surface area contributed by atoms with Gasteiger partial charge in [-0.1, -0.05) is 13.8 Å². The molecular weight excluding hydrogens is 252 g/mol. The van der Waals surface area contributed by atoms with Crippen molar-refractivity contribution in [3.05, 3.63) is 11.8 Å². The van der Waals surface area contributed by atoms with Gasteiger partial charge in [0.15, 0.2) is 0 Å². The van der Waals surface area contributed by atoms with Crippen LogP contribution in [0, 0.1) is 6.92 Å². The van der Waals surface area contributed by atoms with Crippen molar-refractivity contribution < 1.29 is 4.74 Å². The largest absolute Gasteiger partial charge is 0.375 e. The Morgan fingerprint density at radius 3 is 2.95 bits per heavy atom. The van der Waals surface area contributed by atoms with Crippen LogP contribution in [0.25, 0.3) is 0 Å². The highest BCUT2D eigenvalue weighted by Crippen LogP contribution is 2.25. The molecular formula is C15H26N4O. The molecule has 2 atom stereocenters. The number of nitrogens with zero attached hydrogens (tertiary/aromatic N) is 3. The summed E-state index contributed by atoms with van der Waals surface area (Å²) in [7, 11) is 0. The van der Waals surface area contributed by atoms with E-state index in [0.29, 0.717) is 6.04 Å². The van der Waals surface area contributed by atoms with E-state index in [9.17, 15) is 0 Å². The molecule has 2 heterocycles. The third-order valence-electron chi connectivity index (χ3n) is 3.69. The Morgan fingerprint density at radius 2 is 2.25 bits per heavy atom. The number of hydrogen-bond donors (Lipinski definition) is 1. The second kappa shape index (κ2) is 6.88. The van der Waals surface area contributed by atoms with Crippen molar-refractivity contribution >= 4 is 11.8 Å². The molecule has 20 heavy (non-hydrogen) atoms. The van der Waals surface area contributed by atoms with Crippen molar-refractivity contribution in [2.75, 3.05) is 29.9 Å². The van der Waals surface area contributed by atoms with Crippen molar-refractivity contribution in [3.8, 4) is 0 Å². The summed E-state index contributed by atoms with van der Waals surface area (Å²) in [6.45, 7) is 11.1. The summed E-state index contributed by atoms with van der Waals surface area (Å²) in [5.74, 6) is 1.77. The molecule has 1 saturated heterocycles. The normalized spacial score (nSPS) is 22.9. The lowest BCUT2D eigenvalue weighted by Gasteiger charge is -2.39. The van der Waals surface area contributed by atoms with E-state index in [-0.39, 0.29) is 6.10 Å². The fourth-order valence-corrected chi connectivity index (χ4v) is 2.49. The summed E-state index contributed by atoms with van der Waals surface area (Å²) in [6, 6.07) is 0.402. The SMILES string of the molecule is CCCNc1ncc(C)c(N2CC(C)OCC2CC)n1. The molecule has 0 radical (unpaired) electrons. The van der Waals surface area contributed by atoms with Gasteiger partial charge < -0.3 is 15.0 Å². The first-order valence-electron chi connectivity index (χ1n) is 7.61. The van der Waals surface area contributed by atoms with Gasteiger partial charge in [0.25, 0.3) is 0 Å². The van der Waals surface area contributed by atoms with Crippen LogP contribution in [0.1, 0.15) is 39.2 Å². The van der Waals surface area contributed by atoms with Gasteiger partial charge >= 0.3 is 0 Å². The predicted molar refractivity (Wildman–Crippen MR) is 82.4 cm³/mol. The predicted octanol–water partition coefficient (Wildman–Crippen LogP) is 2.61. The first-order chi connectivity index (χ1) is 9.65. The Kier molecular flexibility index (Phi) is 5.17. The molecule has 0 bridgehead atoms. The zero-order valence-corrected chi connectivity index (χ0v) is 13.0. The molecule has 0 amide bonds. The van der Waals surface area contributed by atoms with Crippen LogP contribution in [-0.2, 0) is 4.74 Å². The summed E-state index contributed by atoms with van der Waals surface area (Å²) >= 11 is 0. The number of aryl methyl sites for hydroxylation is 1. The maximum atomic E-state index is 5.77. The lowest BCUT2D eigenvalue weighted by Crippen LogP contribution is -2.49. The Bertz CT molecular complexity index is 438. The van der Waals surface area contributed by atoms with Gasteiger partial charge in [0.2, 0.25) is 5.95 Å². The molecule has 0 aromatic carbocycles. The fraction of sp³-hybridized carbons (Fsp3) is 0.733. The van der Waals surface area contributed by atoms with E-state index in [2.05, 4.69) is 42.9 Å². The van der Waals surface area contributed by atoms with Gasteiger partial charge in [0.1, 0.15) is 5.82 Å². The number of aromatic nitrogens is 2. The summed E-state index contributed by atoms with van der Waals surface area (Å²) in [5.41, 5.74) is 1.12. The zero-order valence-electron chi connectivity index (χ0n) is 13.0. The number of rotatable bonds is 5. The van der Waals surface area contributed by atoms with Crippen molar-refractivity contribution in [2.45, 2.75) is 52.7 Å². The molecule has 1 aromatic heterocycles. The van der Waals surface area contributed by atoms with Crippen LogP contribution in [0.3, 0.4) is 0 Å². The Hall–Kier alpha value is -1.36. The monoisotopic (exact) mass is 278 g/mol. The van der Waals surface area contributed by atoms with Gasteiger partial charge in [-0.05, 0) is 26.7 Å². The topological polar surface area (TPSA) is 50.3 Å². The summed E-state index contributed by atoms with van der Waals surface area (Å²) in [6.07, 6.45) is 4.29. The lowest BCUT2D eigenvalue weighted by atomic mass is 10.1. The molecule has 2 rings (SSSR count). The second-order valence-electron chi connectivity index (χ2n) is 5.49. The number of nitrogens with one attached hydrogen (secondary N) is 1. The van der Waals surface area contributed by atoms with Gasteiger partial charge in [-0.25, -0.2) is 4.98 Å². The molecule has 1 aromatic rings. The third kappa shape index (κ3) is 3.39. The average Bonchev–Trinajstić information content (AvgIpc) is 2.46. The lowest BCUT2D eigenvalue weighted by molar-refractivity contribution is 0.0296. The van der Waals surface area contributed by atoms with E-state index in [4.69, 9.17) is 9.72 Å². The molecule has 1 fully saturated rings. The van der Waals surface area contributed by atoms with Gasteiger partial charge in [-0.3, -0.25) is 0 Å². The van der Waals surface area contributed by atoms with Crippen LogP contribution in [0.4, 0.5) is 11.8 Å². The molecule has 5 heteroatoms. The van der Waals surface area contributed by atoms with Crippen LogP contribution >= 0.6 is 0 Å². The molecule has 5 nitrogen and oxygen atoms in total. The summed E-state index contributed by atoms with van der Waals surface area (Å²) < 4.78 is 5.77. The minimum atomic E-state index is 0.249. The number of morpholine rings is 1. The molecule has 1 N–H and O–H groups in total. The molecule has 2 unspecified atom stereocenters. The number of anilines is 2. The highest BCUT2D eigenvalue weighted by Gasteiger charge is 2.27. The minimum absolute atomic E-state index is 0.249. The van der Waals surface area contributed by atoms with Crippen LogP contribution in [-0.4, -0.2) is 41.8 Å². The van der Waals surface area contributed by atoms with Gasteiger partial charge in [0.05, 0.1) is 18.8 Å². The van der Waals surface area contributed by atoms with Crippen molar-refractivity contribution in [3.63, 3.8) is 0 Å².